The zero-order valence-electron chi connectivity index (χ0n) is 16.9. The highest BCUT2D eigenvalue weighted by Gasteiger charge is 2.38. The van der Waals surface area contributed by atoms with Gasteiger partial charge in [0.15, 0.2) is 0 Å². The molecule has 2 aliphatic rings. The molecule has 0 saturated carbocycles. The summed E-state index contributed by atoms with van der Waals surface area (Å²) in [7, 11) is 0. The number of aliphatic hydroxyl groups is 1. The van der Waals surface area contributed by atoms with Crippen molar-refractivity contribution in [2.75, 3.05) is 38.0 Å². The summed E-state index contributed by atoms with van der Waals surface area (Å²) in [6, 6.07) is 5.10. The number of benzene rings is 1. The molecule has 0 aromatic heterocycles. The molecule has 2 heterocycles. The van der Waals surface area contributed by atoms with Crippen molar-refractivity contribution in [2.24, 2.45) is 0 Å². The topological polar surface area (TPSA) is 84.9 Å². The third-order valence-electron chi connectivity index (χ3n) is 5.67. The van der Waals surface area contributed by atoms with Crippen LogP contribution in [0.5, 0.6) is 0 Å². The van der Waals surface area contributed by atoms with Crippen LogP contribution in [0.3, 0.4) is 0 Å². The Bertz CT molecular complexity index is 703. The summed E-state index contributed by atoms with van der Waals surface area (Å²) in [6.07, 6.45) is 3.95. The summed E-state index contributed by atoms with van der Waals surface area (Å²) < 4.78 is 0. The highest BCUT2D eigenvalue weighted by Crippen LogP contribution is 2.23. The van der Waals surface area contributed by atoms with Gasteiger partial charge in [-0.1, -0.05) is 13.3 Å². The van der Waals surface area contributed by atoms with Crippen LogP contribution in [0.1, 0.15) is 48.5 Å². The van der Waals surface area contributed by atoms with Crippen molar-refractivity contribution in [2.45, 2.75) is 51.7 Å². The van der Waals surface area contributed by atoms with E-state index < -0.39 is 6.10 Å². The van der Waals surface area contributed by atoms with Gasteiger partial charge in [0.25, 0.3) is 5.91 Å². The third kappa shape index (κ3) is 4.83. The van der Waals surface area contributed by atoms with Gasteiger partial charge in [0, 0.05) is 24.3 Å². The fourth-order valence-corrected chi connectivity index (χ4v) is 4.02. The van der Waals surface area contributed by atoms with Crippen LogP contribution in [-0.2, 0) is 0 Å². The Labute approximate surface area is 167 Å². The van der Waals surface area contributed by atoms with Crippen molar-refractivity contribution >= 4 is 17.6 Å². The smallest absolute Gasteiger partial charge is 0.321 e. The summed E-state index contributed by atoms with van der Waals surface area (Å²) in [5.74, 6) is -0.102. The van der Waals surface area contributed by atoms with Crippen LogP contribution in [-0.4, -0.2) is 71.7 Å². The Morgan fingerprint density at radius 2 is 1.93 bits per heavy atom. The Hall–Kier alpha value is -2.12. The summed E-state index contributed by atoms with van der Waals surface area (Å²) in [4.78, 5) is 28.8. The maximum absolute atomic E-state index is 12.7. The number of amides is 3. The van der Waals surface area contributed by atoms with Crippen molar-refractivity contribution in [1.29, 1.82) is 0 Å². The number of urea groups is 1. The number of likely N-dealkylation sites (tertiary alicyclic amines) is 2. The van der Waals surface area contributed by atoms with E-state index in [2.05, 4.69) is 15.5 Å². The zero-order valence-corrected chi connectivity index (χ0v) is 16.9. The molecule has 0 aliphatic carbocycles. The lowest BCUT2D eigenvalue weighted by atomic mass is 10.1. The number of carbonyl (C=O) groups excluding carboxylic acids is 2. The monoisotopic (exact) mass is 388 g/mol. The first-order valence-electron chi connectivity index (χ1n) is 10.4. The molecule has 2 atom stereocenters. The number of nitrogens with zero attached hydrogens (tertiary/aromatic N) is 2. The van der Waals surface area contributed by atoms with E-state index in [0.29, 0.717) is 30.9 Å². The summed E-state index contributed by atoms with van der Waals surface area (Å²) in [6.45, 7) is 7.42. The standard InChI is InChI=1S/C21H32N4O3/c1-3-9-22-20(27)16-7-8-17(15(2)12-16)23-21(28)25-13-18(19(26)14-25)24-10-5-4-6-11-24/h7-8,12,18-19,26H,3-6,9-11,13-14H2,1-2H3,(H,22,27)(H,23,28)/t18-,19-/m0/s1. The number of hydrogen-bond acceptors (Lipinski definition) is 4. The minimum Gasteiger partial charge on any atom is -0.390 e. The number of aryl methyl sites for hydroxylation is 1. The van der Waals surface area contributed by atoms with Gasteiger partial charge in [0.1, 0.15) is 0 Å². The molecule has 2 fully saturated rings. The third-order valence-corrected chi connectivity index (χ3v) is 5.67. The number of hydrogen-bond donors (Lipinski definition) is 3. The van der Waals surface area contributed by atoms with Gasteiger partial charge >= 0.3 is 6.03 Å². The van der Waals surface area contributed by atoms with Gasteiger partial charge in [-0.25, -0.2) is 4.79 Å². The van der Waals surface area contributed by atoms with E-state index in [1.54, 1.807) is 23.1 Å². The van der Waals surface area contributed by atoms with E-state index in [9.17, 15) is 14.7 Å². The largest absolute Gasteiger partial charge is 0.390 e. The van der Waals surface area contributed by atoms with Gasteiger partial charge < -0.3 is 20.6 Å². The molecule has 0 radical (unpaired) electrons. The lowest BCUT2D eigenvalue weighted by molar-refractivity contribution is 0.0706. The Balaban J connectivity index is 1.59. The van der Waals surface area contributed by atoms with Crippen molar-refractivity contribution < 1.29 is 14.7 Å². The van der Waals surface area contributed by atoms with Crippen LogP contribution < -0.4 is 10.6 Å². The number of piperidine rings is 1. The fraction of sp³-hybridized carbons (Fsp3) is 0.619. The molecule has 154 valence electrons. The van der Waals surface area contributed by atoms with Crippen molar-refractivity contribution in [1.82, 2.24) is 15.1 Å². The fourth-order valence-electron chi connectivity index (χ4n) is 4.02. The van der Waals surface area contributed by atoms with Crippen LogP contribution in [0.15, 0.2) is 18.2 Å². The van der Waals surface area contributed by atoms with Gasteiger partial charge in [-0.2, -0.15) is 0 Å². The normalized spacial score (nSPS) is 22.9. The number of β-amino-alcohol motifs (C(OH)–C–C–N with tert-alkyl or cyclic N) is 1. The number of carbonyl (C=O) groups is 2. The molecule has 0 bridgehead atoms. The van der Waals surface area contributed by atoms with Crippen LogP contribution >= 0.6 is 0 Å². The molecular weight excluding hydrogens is 356 g/mol. The summed E-state index contributed by atoms with van der Waals surface area (Å²) in [5.41, 5.74) is 2.11. The maximum atomic E-state index is 12.7. The van der Waals surface area contributed by atoms with E-state index in [1.165, 1.54) is 6.42 Å². The van der Waals surface area contributed by atoms with Crippen LogP contribution in [0, 0.1) is 6.92 Å². The van der Waals surface area contributed by atoms with E-state index >= 15 is 0 Å². The minimum atomic E-state index is -0.505. The molecule has 3 rings (SSSR count). The van der Waals surface area contributed by atoms with E-state index in [4.69, 9.17) is 0 Å². The van der Waals surface area contributed by atoms with E-state index in [1.807, 2.05) is 13.8 Å². The van der Waals surface area contributed by atoms with Crippen molar-refractivity contribution in [3.63, 3.8) is 0 Å². The number of rotatable bonds is 5. The van der Waals surface area contributed by atoms with Crippen LogP contribution in [0.2, 0.25) is 0 Å². The zero-order chi connectivity index (χ0) is 20.1. The second-order valence-corrected chi connectivity index (χ2v) is 7.85. The first-order valence-corrected chi connectivity index (χ1v) is 10.4. The molecule has 1 aromatic carbocycles. The predicted molar refractivity (Wildman–Crippen MR) is 110 cm³/mol. The van der Waals surface area contributed by atoms with E-state index in [0.717, 1.165) is 37.9 Å². The Morgan fingerprint density at radius 1 is 1.18 bits per heavy atom. The molecule has 2 saturated heterocycles. The average Bonchev–Trinajstić information content (AvgIpc) is 3.10. The lowest BCUT2D eigenvalue weighted by Gasteiger charge is -2.33. The van der Waals surface area contributed by atoms with Crippen LogP contribution in [0.4, 0.5) is 10.5 Å². The lowest BCUT2D eigenvalue weighted by Crippen LogP contribution is -2.46. The van der Waals surface area contributed by atoms with Crippen molar-refractivity contribution in [3.8, 4) is 0 Å². The Kier molecular flexibility index (Phi) is 6.91. The van der Waals surface area contributed by atoms with E-state index in [-0.39, 0.29) is 18.0 Å². The molecule has 0 unspecified atom stereocenters. The quantitative estimate of drug-likeness (QED) is 0.722. The van der Waals surface area contributed by atoms with Gasteiger partial charge in [0.2, 0.25) is 0 Å². The highest BCUT2D eigenvalue weighted by molar-refractivity contribution is 5.96. The molecule has 7 nitrogen and oxygen atoms in total. The second-order valence-electron chi connectivity index (χ2n) is 7.85. The number of nitrogens with one attached hydrogen (secondary N) is 2. The van der Waals surface area contributed by atoms with Gasteiger partial charge in [0.05, 0.1) is 18.7 Å². The first kappa shape index (κ1) is 20.6. The van der Waals surface area contributed by atoms with Gasteiger partial charge in [-0.3, -0.25) is 9.69 Å². The molecule has 28 heavy (non-hydrogen) atoms. The summed E-state index contributed by atoms with van der Waals surface area (Å²) >= 11 is 0. The summed E-state index contributed by atoms with van der Waals surface area (Å²) in [5, 5.41) is 16.2. The van der Waals surface area contributed by atoms with Crippen molar-refractivity contribution in [3.05, 3.63) is 29.3 Å². The van der Waals surface area contributed by atoms with Gasteiger partial charge in [-0.15, -0.1) is 0 Å². The molecule has 7 heteroatoms. The number of aliphatic hydroxyl groups excluding tert-OH is 1. The molecule has 0 spiro atoms. The average molecular weight is 389 g/mol. The Morgan fingerprint density at radius 3 is 2.61 bits per heavy atom. The second kappa shape index (κ2) is 9.39. The molecule has 1 aromatic rings. The van der Waals surface area contributed by atoms with Crippen LogP contribution in [0.25, 0.3) is 0 Å². The molecule has 2 aliphatic heterocycles. The van der Waals surface area contributed by atoms with Gasteiger partial charge in [-0.05, 0) is 63.0 Å². The minimum absolute atomic E-state index is 0.0248. The predicted octanol–water partition coefficient (Wildman–Crippen LogP) is 2.20. The number of anilines is 1. The molecule has 3 amide bonds. The maximum Gasteiger partial charge on any atom is 0.321 e. The molecule has 3 N–H and O–H groups in total. The SMILES string of the molecule is CCCNC(=O)c1ccc(NC(=O)N2C[C@H](O)[C@@H](N3CCCCC3)C2)c(C)c1. The first-order chi connectivity index (χ1) is 13.5. The highest BCUT2D eigenvalue weighted by atomic mass is 16.3. The molecular formula is C21H32N4O3.